The van der Waals surface area contributed by atoms with Crippen molar-refractivity contribution in [3.05, 3.63) is 77.1 Å². The predicted octanol–water partition coefficient (Wildman–Crippen LogP) is 5.52. The number of rotatable bonds is 7. The average Bonchev–Trinajstić information content (AvgIpc) is 3.40. The van der Waals surface area contributed by atoms with E-state index in [-0.39, 0.29) is 41.7 Å². The largest absolute Gasteiger partial charge is 0.441 e. The van der Waals surface area contributed by atoms with Crippen LogP contribution in [0.2, 0.25) is 0 Å². The first kappa shape index (κ1) is 21.5. The minimum atomic E-state index is -0.760. The minimum Gasteiger partial charge on any atom is -0.441 e. The number of hydrogen-bond donors (Lipinski definition) is 1. The molecule has 9 heteroatoms. The predicted molar refractivity (Wildman–Crippen MR) is 116 cm³/mol. The summed E-state index contributed by atoms with van der Waals surface area (Å²) >= 11 is 1.11. The van der Waals surface area contributed by atoms with Crippen LogP contribution in [-0.4, -0.2) is 21.7 Å². The van der Waals surface area contributed by atoms with Crippen LogP contribution in [-0.2, 0) is 11.2 Å². The number of anilines is 1. The molecule has 0 spiro atoms. The van der Waals surface area contributed by atoms with Crippen LogP contribution in [0.5, 0.6) is 0 Å². The number of benzene rings is 2. The SMILES string of the molecule is CC(=O)c1sc(NC(=O)CCc2ncc(-c3ccc(F)cc3F)o2)nc1-c1ccccc1. The third-order valence-corrected chi connectivity index (χ3v) is 5.63. The van der Waals surface area contributed by atoms with Gasteiger partial charge in [0.15, 0.2) is 22.6 Å². The summed E-state index contributed by atoms with van der Waals surface area (Å²) in [7, 11) is 0. The number of carbonyl (C=O) groups is 2. The Hall–Kier alpha value is -3.72. The Morgan fingerprint density at radius 2 is 1.91 bits per heavy atom. The monoisotopic (exact) mass is 453 g/mol. The van der Waals surface area contributed by atoms with E-state index in [0.29, 0.717) is 15.7 Å². The van der Waals surface area contributed by atoms with Gasteiger partial charge < -0.3 is 9.73 Å². The van der Waals surface area contributed by atoms with E-state index in [9.17, 15) is 18.4 Å². The summed E-state index contributed by atoms with van der Waals surface area (Å²) in [4.78, 5) is 33.3. The first-order valence-corrected chi connectivity index (χ1v) is 10.5. The molecule has 1 N–H and O–H groups in total. The van der Waals surface area contributed by atoms with Crippen LogP contribution in [0.25, 0.3) is 22.6 Å². The van der Waals surface area contributed by atoms with Crippen molar-refractivity contribution in [1.82, 2.24) is 9.97 Å². The summed E-state index contributed by atoms with van der Waals surface area (Å²) in [6.07, 6.45) is 1.54. The van der Waals surface area contributed by atoms with Crippen molar-refractivity contribution in [2.45, 2.75) is 19.8 Å². The first-order valence-electron chi connectivity index (χ1n) is 9.68. The highest BCUT2D eigenvalue weighted by Gasteiger charge is 2.18. The maximum atomic E-state index is 13.9. The van der Waals surface area contributed by atoms with E-state index in [1.807, 2.05) is 30.3 Å². The van der Waals surface area contributed by atoms with Gasteiger partial charge >= 0.3 is 0 Å². The van der Waals surface area contributed by atoms with E-state index in [1.165, 1.54) is 19.2 Å². The lowest BCUT2D eigenvalue weighted by molar-refractivity contribution is -0.116. The number of aromatic nitrogens is 2. The van der Waals surface area contributed by atoms with Crippen LogP contribution < -0.4 is 5.32 Å². The number of amides is 1. The van der Waals surface area contributed by atoms with Crippen molar-refractivity contribution in [2.24, 2.45) is 0 Å². The third-order valence-electron chi connectivity index (χ3n) is 4.56. The van der Waals surface area contributed by atoms with Gasteiger partial charge in [-0.2, -0.15) is 0 Å². The Morgan fingerprint density at radius 1 is 1.12 bits per heavy atom. The average molecular weight is 453 g/mol. The molecule has 0 saturated carbocycles. The standard InChI is InChI=1S/C23H17F2N3O3S/c1-13(29)22-21(14-5-3-2-4-6-14)28-23(32-22)27-19(30)9-10-20-26-12-18(31-20)16-8-7-15(24)11-17(16)25/h2-8,11-12H,9-10H2,1H3,(H,27,28,30). The van der Waals surface area contributed by atoms with E-state index >= 15 is 0 Å². The first-order chi connectivity index (χ1) is 15.4. The van der Waals surface area contributed by atoms with Gasteiger partial charge in [0, 0.05) is 31.4 Å². The lowest BCUT2D eigenvalue weighted by Gasteiger charge is -2.01. The van der Waals surface area contributed by atoms with E-state index < -0.39 is 11.6 Å². The van der Waals surface area contributed by atoms with Crippen molar-refractivity contribution < 1.29 is 22.8 Å². The van der Waals surface area contributed by atoms with Crippen LogP contribution in [0.15, 0.2) is 59.1 Å². The Kier molecular flexibility index (Phi) is 6.18. The molecule has 0 atom stereocenters. The molecule has 0 fully saturated rings. The molecule has 162 valence electrons. The maximum absolute atomic E-state index is 13.9. The highest BCUT2D eigenvalue weighted by atomic mass is 32.1. The molecule has 2 aromatic carbocycles. The van der Waals surface area contributed by atoms with Gasteiger partial charge in [0.2, 0.25) is 5.91 Å². The molecule has 0 unspecified atom stereocenters. The van der Waals surface area contributed by atoms with Crippen molar-refractivity contribution in [2.75, 3.05) is 5.32 Å². The molecular weight excluding hydrogens is 436 g/mol. The second-order valence-corrected chi connectivity index (χ2v) is 7.91. The van der Waals surface area contributed by atoms with Crippen LogP contribution in [0, 0.1) is 11.6 Å². The van der Waals surface area contributed by atoms with Crippen molar-refractivity contribution in [1.29, 1.82) is 0 Å². The summed E-state index contributed by atoms with van der Waals surface area (Å²) in [5.74, 6) is -1.52. The van der Waals surface area contributed by atoms with Gasteiger partial charge in [0.05, 0.1) is 22.3 Å². The van der Waals surface area contributed by atoms with Crippen LogP contribution in [0.4, 0.5) is 13.9 Å². The van der Waals surface area contributed by atoms with Gasteiger partial charge in [-0.15, -0.1) is 0 Å². The summed E-state index contributed by atoms with van der Waals surface area (Å²) < 4.78 is 32.5. The zero-order valence-electron chi connectivity index (χ0n) is 16.9. The minimum absolute atomic E-state index is 0.0432. The summed E-state index contributed by atoms with van der Waals surface area (Å²) in [6, 6.07) is 12.4. The molecule has 0 radical (unpaired) electrons. The maximum Gasteiger partial charge on any atom is 0.226 e. The number of hydrogen-bond acceptors (Lipinski definition) is 6. The molecule has 2 heterocycles. The Balaban J connectivity index is 1.42. The Labute approximate surface area is 186 Å². The van der Waals surface area contributed by atoms with Gasteiger partial charge in [-0.1, -0.05) is 41.7 Å². The second kappa shape index (κ2) is 9.19. The Morgan fingerprint density at radius 3 is 2.62 bits per heavy atom. The number of ketones is 1. The van der Waals surface area contributed by atoms with Gasteiger partial charge in [-0.25, -0.2) is 18.7 Å². The fourth-order valence-electron chi connectivity index (χ4n) is 3.05. The third kappa shape index (κ3) is 4.78. The topological polar surface area (TPSA) is 85.1 Å². The molecule has 2 aromatic heterocycles. The highest BCUT2D eigenvalue weighted by Crippen LogP contribution is 2.31. The molecule has 0 bridgehead atoms. The van der Waals surface area contributed by atoms with Gasteiger partial charge in [0.1, 0.15) is 11.6 Å². The molecule has 4 aromatic rings. The van der Waals surface area contributed by atoms with E-state index in [1.54, 1.807) is 0 Å². The molecule has 32 heavy (non-hydrogen) atoms. The fourth-order valence-corrected chi connectivity index (χ4v) is 3.94. The van der Waals surface area contributed by atoms with E-state index in [0.717, 1.165) is 29.0 Å². The molecule has 1 amide bonds. The van der Waals surface area contributed by atoms with Crippen LogP contribution in [0.1, 0.15) is 28.9 Å². The number of aryl methyl sites for hydroxylation is 1. The number of nitrogens with zero attached hydrogens (tertiary/aromatic N) is 2. The molecule has 6 nitrogen and oxygen atoms in total. The van der Waals surface area contributed by atoms with Gasteiger partial charge in [-0.05, 0) is 12.1 Å². The molecular formula is C23H17F2N3O3S. The summed E-state index contributed by atoms with van der Waals surface area (Å²) in [5, 5.41) is 3.02. The van der Waals surface area contributed by atoms with Crippen molar-refractivity contribution >= 4 is 28.2 Å². The quantitative estimate of drug-likeness (QED) is 0.373. The van der Waals surface area contributed by atoms with Crippen LogP contribution in [0.3, 0.4) is 0 Å². The van der Waals surface area contributed by atoms with Crippen LogP contribution >= 0.6 is 11.3 Å². The molecule has 0 aliphatic heterocycles. The molecule has 4 rings (SSSR count). The number of thiazole rings is 1. The van der Waals surface area contributed by atoms with Gasteiger partial charge in [0.25, 0.3) is 0 Å². The Bertz CT molecular complexity index is 1280. The fraction of sp³-hybridized carbons (Fsp3) is 0.130. The van der Waals surface area contributed by atoms with E-state index in [2.05, 4.69) is 15.3 Å². The number of nitrogens with one attached hydrogen (secondary N) is 1. The lowest BCUT2D eigenvalue weighted by atomic mass is 10.1. The van der Waals surface area contributed by atoms with Crippen molar-refractivity contribution in [3.8, 4) is 22.6 Å². The number of halogens is 2. The zero-order valence-corrected chi connectivity index (χ0v) is 17.7. The zero-order chi connectivity index (χ0) is 22.7. The van der Waals surface area contributed by atoms with E-state index in [4.69, 9.17) is 4.42 Å². The summed E-state index contributed by atoms with van der Waals surface area (Å²) in [5.41, 5.74) is 1.40. The normalized spacial score (nSPS) is 10.8. The van der Waals surface area contributed by atoms with Crippen molar-refractivity contribution in [3.63, 3.8) is 0 Å². The smallest absolute Gasteiger partial charge is 0.226 e. The summed E-state index contributed by atoms with van der Waals surface area (Å²) in [6.45, 7) is 1.45. The molecule has 0 aliphatic rings. The number of Topliss-reactive ketones (excluding diaryl/α,β-unsaturated/α-hetero) is 1. The molecule has 0 aliphatic carbocycles. The number of oxazole rings is 1. The highest BCUT2D eigenvalue weighted by molar-refractivity contribution is 7.18. The number of carbonyl (C=O) groups excluding carboxylic acids is 2. The second-order valence-electron chi connectivity index (χ2n) is 6.91. The lowest BCUT2D eigenvalue weighted by Crippen LogP contribution is -2.12. The van der Waals surface area contributed by atoms with Gasteiger partial charge in [-0.3, -0.25) is 9.59 Å². The molecule has 0 saturated heterocycles.